The molecule has 3 N–H and O–H groups in total. The summed E-state index contributed by atoms with van der Waals surface area (Å²) >= 11 is 5.92. The topological polar surface area (TPSA) is 54.7 Å². The Morgan fingerprint density at radius 1 is 1.16 bits per heavy atom. The highest BCUT2D eigenvalue weighted by molar-refractivity contribution is 6.30. The Kier molecular flexibility index (Phi) is 4.86. The summed E-state index contributed by atoms with van der Waals surface area (Å²) in [6.07, 6.45) is 5.92. The fourth-order valence-electron chi connectivity index (χ4n) is 2.24. The largest absolute Gasteiger partial charge is 0.382 e. The summed E-state index contributed by atoms with van der Waals surface area (Å²) in [7, 11) is 0. The lowest BCUT2D eigenvalue weighted by atomic mass is 10.0. The molecule has 2 rings (SSSR count). The maximum Gasteiger partial charge on any atom is 0.153 e. The van der Waals surface area contributed by atoms with Crippen molar-refractivity contribution in [3.05, 3.63) is 35.0 Å². The Labute approximate surface area is 119 Å². The van der Waals surface area contributed by atoms with Gasteiger partial charge in [-0.2, -0.15) is 5.10 Å². The molecule has 0 bridgehead atoms. The van der Waals surface area contributed by atoms with Crippen LogP contribution in [0.5, 0.6) is 0 Å². The van der Waals surface area contributed by atoms with E-state index in [0.717, 1.165) is 34.7 Å². The lowest BCUT2D eigenvalue weighted by Crippen LogP contribution is -1.92. The molecule has 4 heteroatoms. The first-order valence-corrected chi connectivity index (χ1v) is 7.18. The van der Waals surface area contributed by atoms with Crippen LogP contribution in [0.3, 0.4) is 0 Å². The first-order chi connectivity index (χ1) is 9.22. The average molecular weight is 278 g/mol. The zero-order valence-electron chi connectivity index (χ0n) is 11.2. The maximum absolute atomic E-state index is 5.97. The highest BCUT2D eigenvalue weighted by atomic mass is 35.5. The number of nitrogens with one attached hydrogen (secondary N) is 1. The summed E-state index contributed by atoms with van der Waals surface area (Å²) in [5.74, 6) is 0.563. The number of halogens is 1. The molecule has 0 aliphatic rings. The fourth-order valence-corrected chi connectivity index (χ4v) is 2.37. The molecule has 3 nitrogen and oxygen atoms in total. The molecule has 0 atom stereocenters. The zero-order chi connectivity index (χ0) is 13.7. The monoisotopic (exact) mass is 277 g/mol. The number of hydrogen-bond donors (Lipinski definition) is 2. The number of nitrogens with zero attached hydrogens (tertiary/aromatic N) is 1. The molecule has 1 heterocycles. The minimum Gasteiger partial charge on any atom is -0.382 e. The van der Waals surface area contributed by atoms with Gasteiger partial charge in [0, 0.05) is 16.3 Å². The zero-order valence-corrected chi connectivity index (χ0v) is 12.0. The predicted molar refractivity (Wildman–Crippen MR) is 81.3 cm³/mol. The lowest BCUT2D eigenvalue weighted by molar-refractivity contribution is 0.660. The number of aromatic amines is 1. The molecule has 0 unspecified atom stereocenters. The molecule has 1 aromatic heterocycles. The standard InChI is InChI=1S/C15H20ClN3/c1-2-3-4-5-6-13-14(15(17)19-18-13)11-7-9-12(16)10-8-11/h7-10H,2-6H2,1H3,(H3,17,18,19). The highest BCUT2D eigenvalue weighted by Gasteiger charge is 2.12. The summed E-state index contributed by atoms with van der Waals surface area (Å²) in [5.41, 5.74) is 9.18. The van der Waals surface area contributed by atoms with Crippen molar-refractivity contribution in [2.45, 2.75) is 39.0 Å². The van der Waals surface area contributed by atoms with Crippen LogP contribution in [0.4, 0.5) is 5.82 Å². The second kappa shape index (κ2) is 6.62. The summed E-state index contributed by atoms with van der Waals surface area (Å²) in [6, 6.07) is 7.73. The van der Waals surface area contributed by atoms with Gasteiger partial charge < -0.3 is 5.73 Å². The third kappa shape index (κ3) is 3.51. The van der Waals surface area contributed by atoms with Crippen molar-refractivity contribution in [3.63, 3.8) is 0 Å². The Bertz CT molecular complexity index is 517. The van der Waals surface area contributed by atoms with E-state index in [1.807, 2.05) is 24.3 Å². The molecular formula is C15H20ClN3. The summed E-state index contributed by atoms with van der Waals surface area (Å²) in [5, 5.41) is 7.92. The first-order valence-electron chi connectivity index (χ1n) is 6.81. The van der Waals surface area contributed by atoms with Crippen molar-refractivity contribution >= 4 is 17.4 Å². The Morgan fingerprint density at radius 2 is 1.89 bits per heavy atom. The van der Waals surface area contributed by atoms with Crippen LogP contribution in [0.2, 0.25) is 5.02 Å². The van der Waals surface area contributed by atoms with Crippen LogP contribution >= 0.6 is 11.6 Å². The van der Waals surface area contributed by atoms with Crippen LogP contribution in [0.25, 0.3) is 11.1 Å². The van der Waals surface area contributed by atoms with Gasteiger partial charge in [-0.05, 0) is 30.5 Å². The molecule has 0 aliphatic carbocycles. The quantitative estimate of drug-likeness (QED) is 0.767. The van der Waals surface area contributed by atoms with E-state index in [0.29, 0.717) is 5.82 Å². The number of H-pyrrole nitrogens is 1. The number of aromatic nitrogens is 2. The number of rotatable bonds is 6. The number of nitrogens with two attached hydrogens (primary N) is 1. The van der Waals surface area contributed by atoms with Gasteiger partial charge in [0.05, 0.1) is 0 Å². The Morgan fingerprint density at radius 3 is 2.58 bits per heavy atom. The molecule has 0 spiro atoms. The molecule has 0 radical (unpaired) electrons. The third-order valence-electron chi connectivity index (χ3n) is 3.28. The van der Waals surface area contributed by atoms with Crippen molar-refractivity contribution in [3.8, 4) is 11.1 Å². The van der Waals surface area contributed by atoms with E-state index in [-0.39, 0.29) is 0 Å². The Hall–Kier alpha value is -1.48. The van der Waals surface area contributed by atoms with Crippen molar-refractivity contribution in [1.82, 2.24) is 10.2 Å². The van der Waals surface area contributed by atoms with Gasteiger partial charge >= 0.3 is 0 Å². The molecule has 19 heavy (non-hydrogen) atoms. The molecule has 0 fully saturated rings. The van der Waals surface area contributed by atoms with Crippen LogP contribution < -0.4 is 5.73 Å². The summed E-state index contributed by atoms with van der Waals surface area (Å²) in [6.45, 7) is 2.22. The first kappa shape index (κ1) is 13.9. The summed E-state index contributed by atoms with van der Waals surface area (Å²) < 4.78 is 0. The average Bonchev–Trinajstić information content (AvgIpc) is 2.77. The number of nitrogen functional groups attached to an aromatic ring is 1. The van der Waals surface area contributed by atoms with Gasteiger partial charge in [0.2, 0.25) is 0 Å². The minimum absolute atomic E-state index is 0.563. The van der Waals surface area contributed by atoms with E-state index in [1.54, 1.807) is 0 Å². The number of benzene rings is 1. The fraction of sp³-hybridized carbons (Fsp3) is 0.400. The lowest BCUT2D eigenvalue weighted by Gasteiger charge is -2.05. The molecule has 0 saturated heterocycles. The van der Waals surface area contributed by atoms with Crippen LogP contribution in [-0.2, 0) is 6.42 Å². The molecule has 1 aromatic carbocycles. The normalized spacial score (nSPS) is 10.8. The smallest absolute Gasteiger partial charge is 0.153 e. The van der Waals surface area contributed by atoms with Gasteiger partial charge in [-0.15, -0.1) is 0 Å². The van der Waals surface area contributed by atoms with Crippen molar-refractivity contribution < 1.29 is 0 Å². The number of hydrogen-bond acceptors (Lipinski definition) is 2. The van der Waals surface area contributed by atoms with Gasteiger partial charge in [0.25, 0.3) is 0 Å². The minimum atomic E-state index is 0.563. The summed E-state index contributed by atoms with van der Waals surface area (Å²) in [4.78, 5) is 0. The molecular weight excluding hydrogens is 258 g/mol. The predicted octanol–water partition coefficient (Wildman–Crippen LogP) is 4.44. The van der Waals surface area contributed by atoms with E-state index in [1.165, 1.54) is 19.3 Å². The molecule has 102 valence electrons. The number of aryl methyl sites for hydroxylation is 1. The van der Waals surface area contributed by atoms with Gasteiger partial charge in [0.1, 0.15) is 0 Å². The van der Waals surface area contributed by atoms with Crippen LogP contribution in [0, 0.1) is 0 Å². The van der Waals surface area contributed by atoms with E-state index in [4.69, 9.17) is 17.3 Å². The number of unbranched alkanes of at least 4 members (excludes halogenated alkanes) is 3. The van der Waals surface area contributed by atoms with Gasteiger partial charge in [0.15, 0.2) is 5.82 Å². The third-order valence-corrected chi connectivity index (χ3v) is 3.53. The van der Waals surface area contributed by atoms with Crippen LogP contribution in [-0.4, -0.2) is 10.2 Å². The second-order valence-corrected chi connectivity index (χ2v) is 5.22. The van der Waals surface area contributed by atoms with E-state index < -0.39 is 0 Å². The van der Waals surface area contributed by atoms with E-state index in [2.05, 4.69) is 17.1 Å². The number of anilines is 1. The second-order valence-electron chi connectivity index (χ2n) is 4.78. The van der Waals surface area contributed by atoms with Gasteiger partial charge in [-0.25, -0.2) is 0 Å². The van der Waals surface area contributed by atoms with Crippen LogP contribution in [0.1, 0.15) is 38.3 Å². The molecule has 2 aromatic rings. The van der Waals surface area contributed by atoms with Gasteiger partial charge in [-0.3, -0.25) is 5.10 Å². The molecule has 0 amide bonds. The SMILES string of the molecule is CCCCCCc1[nH]nc(N)c1-c1ccc(Cl)cc1. The van der Waals surface area contributed by atoms with Gasteiger partial charge in [-0.1, -0.05) is 49.9 Å². The van der Waals surface area contributed by atoms with Crippen molar-refractivity contribution in [2.24, 2.45) is 0 Å². The Balaban J connectivity index is 2.15. The van der Waals surface area contributed by atoms with E-state index in [9.17, 15) is 0 Å². The highest BCUT2D eigenvalue weighted by Crippen LogP contribution is 2.29. The van der Waals surface area contributed by atoms with E-state index >= 15 is 0 Å². The van der Waals surface area contributed by atoms with Crippen molar-refractivity contribution in [2.75, 3.05) is 5.73 Å². The van der Waals surface area contributed by atoms with Crippen LogP contribution in [0.15, 0.2) is 24.3 Å². The maximum atomic E-state index is 5.97. The van der Waals surface area contributed by atoms with Crippen molar-refractivity contribution in [1.29, 1.82) is 0 Å². The molecule has 0 aliphatic heterocycles. The molecule has 0 saturated carbocycles.